The van der Waals surface area contributed by atoms with E-state index in [9.17, 15) is 9.18 Å². The number of hydrogen-bond donors (Lipinski definition) is 3. The number of rotatable bonds is 7. The summed E-state index contributed by atoms with van der Waals surface area (Å²) >= 11 is 6.00. The predicted molar refractivity (Wildman–Crippen MR) is 135 cm³/mol. The fourth-order valence-corrected chi connectivity index (χ4v) is 3.56. The van der Waals surface area contributed by atoms with Gasteiger partial charge in [0.05, 0.1) is 6.42 Å². The smallest absolute Gasteiger partial charge is 0.228 e. The summed E-state index contributed by atoms with van der Waals surface area (Å²) in [7, 11) is 0. The summed E-state index contributed by atoms with van der Waals surface area (Å²) in [6, 6.07) is 21.3. The molecule has 1 heterocycles. The summed E-state index contributed by atoms with van der Waals surface area (Å²) in [5.74, 6) is 1.07. The molecule has 0 saturated carbocycles. The Labute approximate surface area is 202 Å². The minimum Gasteiger partial charge on any atom is -0.340 e. The molecule has 0 aliphatic heterocycles. The number of anilines is 5. The number of carbonyl (C=O) groups excluding carboxylic acids is 1. The van der Waals surface area contributed by atoms with E-state index < -0.39 is 5.82 Å². The lowest BCUT2D eigenvalue weighted by molar-refractivity contribution is -0.115. The van der Waals surface area contributed by atoms with E-state index in [0.29, 0.717) is 23.1 Å². The number of nitrogens with one attached hydrogen (secondary N) is 3. The Morgan fingerprint density at radius 3 is 2.00 bits per heavy atom. The summed E-state index contributed by atoms with van der Waals surface area (Å²) < 4.78 is 13.9. The molecule has 1 aromatic heterocycles. The maximum absolute atomic E-state index is 13.9. The zero-order valence-electron chi connectivity index (χ0n) is 18.7. The Kier molecular flexibility index (Phi) is 7.04. The van der Waals surface area contributed by atoms with Crippen LogP contribution in [-0.4, -0.2) is 15.9 Å². The van der Waals surface area contributed by atoms with E-state index in [0.717, 1.165) is 11.4 Å². The van der Waals surface area contributed by atoms with Gasteiger partial charge in [-0.05, 0) is 62.4 Å². The molecular formula is C26H23ClFN5O. The van der Waals surface area contributed by atoms with Crippen LogP contribution < -0.4 is 16.0 Å². The minimum absolute atomic E-state index is 0.150. The highest BCUT2D eigenvalue weighted by Gasteiger charge is 2.12. The first-order valence-electron chi connectivity index (χ1n) is 10.6. The highest BCUT2D eigenvalue weighted by molar-refractivity contribution is 6.31. The van der Waals surface area contributed by atoms with Crippen LogP contribution in [0.2, 0.25) is 5.02 Å². The van der Waals surface area contributed by atoms with Gasteiger partial charge < -0.3 is 16.0 Å². The first-order valence-corrected chi connectivity index (χ1v) is 11.0. The van der Waals surface area contributed by atoms with Crippen LogP contribution in [0.25, 0.3) is 0 Å². The number of benzene rings is 3. The molecule has 3 N–H and O–H groups in total. The lowest BCUT2D eigenvalue weighted by atomic mass is 10.1. The highest BCUT2D eigenvalue weighted by atomic mass is 35.5. The fraction of sp³-hybridized carbons (Fsp3) is 0.115. The lowest BCUT2D eigenvalue weighted by Gasteiger charge is -2.11. The van der Waals surface area contributed by atoms with Gasteiger partial charge in [0.2, 0.25) is 5.91 Å². The highest BCUT2D eigenvalue weighted by Crippen LogP contribution is 2.23. The van der Waals surface area contributed by atoms with E-state index in [4.69, 9.17) is 11.6 Å². The average molecular weight is 476 g/mol. The monoisotopic (exact) mass is 475 g/mol. The Hall–Kier alpha value is -3.97. The van der Waals surface area contributed by atoms with E-state index in [2.05, 4.69) is 25.9 Å². The van der Waals surface area contributed by atoms with Gasteiger partial charge in [-0.2, -0.15) is 0 Å². The molecule has 0 spiro atoms. The minimum atomic E-state index is -0.501. The van der Waals surface area contributed by atoms with Crippen LogP contribution in [-0.2, 0) is 11.2 Å². The second-order valence-corrected chi connectivity index (χ2v) is 8.21. The molecule has 0 bridgehead atoms. The molecule has 3 aromatic carbocycles. The number of aryl methyl sites for hydroxylation is 2. The Balaban J connectivity index is 1.40. The molecule has 0 aliphatic rings. The average Bonchev–Trinajstić information content (AvgIpc) is 2.79. The quantitative estimate of drug-likeness (QED) is 0.282. The van der Waals surface area contributed by atoms with Gasteiger partial charge in [-0.1, -0.05) is 35.4 Å². The van der Waals surface area contributed by atoms with Gasteiger partial charge in [0.25, 0.3) is 0 Å². The fourth-order valence-electron chi connectivity index (χ4n) is 3.33. The van der Waals surface area contributed by atoms with Crippen molar-refractivity contribution in [3.63, 3.8) is 0 Å². The van der Waals surface area contributed by atoms with Gasteiger partial charge in [0, 0.05) is 33.7 Å². The molecule has 0 atom stereocenters. The van der Waals surface area contributed by atoms with Crippen molar-refractivity contribution in [2.24, 2.45) is 0 Å². The van der Waals surface area contributed by atoms with Crippen LogP contribution in [0.3, 0.4) is 0 Å². The second-order valence-electron chi connectivity index (χ2n) is 7.80. The third-order valence-corrected chi connectivity index (χ3v) is 5.36. The van der Waals surface area contributed by atoms with Crippen LogP contribution in [0.15, 0.2) is 72.8 Å². The number of carbonyl (C=O) groups is 1. The topological polar surface area (TPSA) is 78.9 Å². The zero-order chi connectivity index (χ0) is 24.1. The van der Waals surface area contributed by atoms with E-state index in [1.807, 2.05) is 56.3 Å². The van der Waals surface area contributed by atoms with Gasteiger partial charge in [-0.3, -0.25) is 4.79 Å². The van der Waals surface area contributed by atoms with Crippen LogP contribution in [0.5, 0.6) is 0 Å². The Morgan fingerprint density at radius 1 is 0.853 bits per heavy atom. The molecule has 0 saturated heterocycles. The van der Waals surface area contributed by atoms with Gasteiger partial charge in [0.1, 0.15) is 23.3 Å². The standard InChI is InChI=1S/C26H23ClFN5O/c1-16-6-8-18(9-7-16)31-24-15-25(30-17(2)29-24)32-19-10-12-20(13-11-19)33-26(34)14-21-22(27)4-3-5-23(21)28/h3-13,15H,14H2,1-2H3,(H,33,34)(H2,29,30,31,32). The molecule has 1 amide bonds. The van der Waals surface area contributed by atoms with Crippen molar-refractivity contribution in [1.29, 1.82) is 0 Å². The summed E-state index contributed by atoms with van der Waals surface area (Å²) in [4.78, 5) is 21.2. The first kappa shape index (κ1) is 23.2. The molecular weight excluding hydrogens is 453 g/mol. The summed E-state index contributed by atoms with van der Waals surface area (Å²) in [5.41, 5.74) is 3.67. The van der Waals surface area contributed by atoms with Crippen molar-refractivity contribution in [1.82, 2.24) is 9.97 Å². The Bertz CT molecular complexity index is 1290. The third kappa shape index (κ3) is 6.08. The van der Waals surface area contributed by atoms with Crippen molar-refractivity contribution in [2.75, 3.05) is 16.0 Å². The van der Waals surface area contributed by atoms with Gasteiger partial charge in [0.15, 0.2) is 0 Å². The van der Waals surface area contributed by atoms with E-state index >= 15 is 0 Å². The normalized spacial score (nSPS) is 10.6. The first-order chi connectivity index (χ1) is 16.4. The molecule has 6 nitrogen and oxygen atoms in total. The van der Waals surface area contributed by atoms with Crippen LogP contribution in [0, 0.1) is 19.7 Å². The van der Waals surface area contributed by atoms with Crippen LogP contribution in [0.4, 0.5) is 33.1 Å². The molecule has 0 unspecified atom stereocenters. The van der Waals surface area contributed by atoms with E-state index in [1.54, 1.807) is 18.2 Å². The van der Waals surface area contributed by atoms with E-state index in [-0.39, 0.29) is 22.9 Å². The van der Waals surface area contributed by atoms with Gasteiger partial charge >= 0.3 is 0 Å². The number of halogens is 2. The Morgan fingerprint density at radius 2 is 1.41 bits per heavy atom. The van der Waals surface area contributed by atoms with Gasteiger partial charge in [-0.25, -0.2) is 14.4 Å². The number of nitrogens with zero attached hydrogens (tertiary/aromatic N) is 2. The molecule has 4 aromatic rings. The summed E-state index contributed by atoms with van der Waals surface area (Å²) in [5, 5.41) is 9.51. The molecule has 0 radical (unpaired) electrons. The summed E-state index contributed by atoms with van der Waals surface area (Å²) in [6.45, 7) is 3.86. The largest absolute Gasteiger partial charge is 0.340 e. The third-order valence-electron chi connectivity index (χ3n) is 5.00. The summed E-state index contributed by atoms with van der Waals surface area (Å²) in [6.07, 6.45) is -0.150. The number of amides is 1. The lowest BCUT2D eigenvalue weighted by Crippen LogP contribution is -2.15. The van der Waals surface area contributed by atoms with Crippen LogP contribution in [0.1, 0.15) is 17.0 Å². The van der Waals surface area contributed by atoms with Crippen molar-refractivity contribution in [3.05, 3.63) is 101 Å². The van der Waals surface area contributed by atoms with Crippen LogP contribution >= 0.6 is 11.6 Å². The van der Waals surface area contributed by atoms with Gasteiger partial charge in [-0.15, -0.1) is 0 Å². The maximum atomic E-state index is 13.9. The van der Waals surface area contributed by atoms with Crippen molar-refractivity contribution >= 4 is 46.2 Å². The number of hydrogen-bond acceptors (Lipinski definition) is 5. The van der Waals surface area contributed by atoms with Crippen molar-refractivity contribution < 1.29 is 9.18 Å². The van der Waals surface area contributed by atoms with E-state index in [1.165, 1.54) is 17.7 Å². The van der Waals surface area contributed by atoms with Crippen molar-refractivity contribution in [2.45, 2.75) is 20.3 Å². The molecule has 0 aliphatic carbocycles. The molecule has 8 heteroatoms. The molecule has 172 valence electrons. The maximum Gasteiger partial charge on any atom is 0.228 e. The second kappa shape index (κ2) is 10.3. The molecule has 0 fully saturated rings. The van der Waals surface area contributed by atoms with Crippen molar-refractivity contribution in [3.8, 4) is 0 Å². The molecule has 34 heavy (non-hydrogen) atoms. The number of aromatic nitrogens is 2. The SMILES string of the molecule is Cc1ccc(Nc2cc(Nc3ccc(NC(=O)Cc4c(F)cccc4Cl)cc3)nc(C)n2)cc1. The molecule has 4 rings (SSSR count). The predicted octanol–water partition coefficient (Wildman–Crippen LogP) is 6.55. The zero-order valence-corrected chi connectivity index (χ0v) is 19.4.